The molecule has 0 aromatic heterocycles. The Morgan fingerprint density at radius 2 is 2.00 bits per heavy atom. The summed E-state index contributed by atoms with van der Waals surface area (Å²) < 4.78 is 50.4. The van der Waals surface area contributed by atoms with E-state index < -0.39 is 17.6 Å². The number of halogens is 4. The van der Waals surface area contributed by atoms with Gasteiger partial charge in [-0.3, -0.25) is 0 Å². The van der Waals surface area contributed by atoms with Gasteiger partial charge in [0.15, 0.2) is 0 Å². The molecule has 1 aliphatic heterocycles. The molecule has 1 atom stereocenters. The van der Waals surface area contributed by atoms with Crippen LogP contribution >= 0.6 is 0 Å². The first-order valence-electron chi connectivity index (χ1n) is 5.06. The molecule has 1 saturated heterocycles. The minimum Gasteiger partial charge on any atom is -0.316 e. The Labute approximate surface area is 90.5 Å². The molecule has 0 radical (unpaired) electrons. The molecule has 1 fully saturated rings. The normalized spacial score (nSPS) is 21.4. The third-order valence-corrected chi connectivity index (χ3v) is 2.83. The van der Waals surface area contributed by atoms with Gasteiger partial charge in [-0.05, 0) is 36.6 Å². The molecule has 0 spiro atoms. The first-order chi connectivity index (χ1) is 7.48. The van der Waals surface area contributed by atoms with Crippen molar-refractivity contribution in [2.75, 3.05) is 13.1 Å². The quantitative estimate of drug-likeness (QED) is 0.735. The largest absolute Gasteiger partial charge is 0.419 e. The molecule has 0 bridgehead atoms. The number of hydrogen-bond acceptors (Lipinski definition) is 1. The average molecular weight is 233 g/mol. The number of alkyl halides is 3. The summed E-state index contributed by atoms with van der Waals surface area (Å²) in [6.45, 7) is 1.45. The van der Waals surface area contributed by atoms with E-state index in [2.05, 4.69) is 5.32 Å². The van der Waals surface area contributed by atoms with Crippen LogP contribution in [0.15, 0.2) is 18.2 Å². The lowest BCUT2D eigenvalue weighted by atomic mass is 9.96. The van der Waals surface area contributed by atoms with Crippen molar-refractivity contribution in [1.82, 2.24) is 5.32 Å². The second kappa shape index (κ2) is 4.05. The lowest BCUT2D eigenvalue weighted by Gasteiger charge is -2.13. The van der Waals surface area contributed by atoms with E-state index in [1.807, 2.05) is 0 Å². The molecule has 0 amide bonds. The summed E-state index contributed by atoms with van der Waals surface area (Å²) >= 11 is 0. The maximum Gasteiger partial charge on any atom is 0.419 e. The number of benzene rings is 1. The second-order valence-corrected chi connectivity index (χ2v) is 3.93. The van der Waals surface area contributed by atoms with Gasteiger partial charge in [0, 0.05) is 6.54 Å². The molecule has 1 heterocycles. The SMILES string of the molecule is Fc1ccc([C@@H]2CCNC2)cc1C(F)(F)F. The first kappa shape index (κ1) is 11.4. The minimum atomic E-state index is -4.62. The number of hydrogen-bond donors (Lipinski definition) is 1. The smallest absolute Gasteiger partial charge is 0.316 e. The predicted molar refractivity (Wildman–Crippen MR) is 51.6 cm³/mol. The Balaban J connectivity index is 2.35. The van der Waals surface area contributed by atoms with Gasteiger partial charge in [0.2, 0.25) is 0 Å². The van der Waals surface area contributed by atoms with E-state index in [1.165, 1.54) is 6.07 Å². The van der Waals surface area contributed by atoms with Crippen molar-refractivity contribution in [2.45, 2.75) is 18.5 Å². The molecule has 1 aromatic rings. The minimum absolute atomic E-state index is 0.0571. The van der Waals surface area contributed by atoms with Gasteiger partial charge >= 0.3 is 6.18 Å². The van der Waals surface area contributed by atoms with Crippen LogP contribution in [0.25, 0.3) is 0 Å². The fraction of sp³-hybridized carbons (Fsp3) is 0.455. The van der Waals surface area contributed by atoms with E-state index in [0.717, 1.165) is 25.1 Å². The van der Waals surface area contributed by atoms with E-state index in [1.54, 1.807) is 0 Å². The van der Waals surface area contributed by atoms with Crippen molar-refractivity contribution in [3.05, 3.63) is 35.1 Å². The van der Waals surface area contributed by atoms with E-state index in [9.17, 15) is 17.6 Å². The summed E-state index contributed by atoms with van der Waals surface area (Å²) in [6, 6.07) is 3.26. The van der Waals surface area contributed by atoms with Gasteiger partial charge < -0.3 is 5.32 Å². The van der Waals surface area contributed by atoms with Crippen molar-refractivity contribution < 1.29 is 17.6 Å². The van der Waals surface area contributed by atoms with E-state index >= 15 is 0 Å². The van der Waals surface area contributed by atoms with Crippen molar-refractivity contribution >= 4 is 0 Å². The molecule has 0 aliphatic carbocycles. The lowest BCUT2D eigenvalue weighted by Crippen LogP contribution is -2.11. The monoisotopic (exact) mass is 233 g/mol. The van der Waals surface area contributed by atoms with Gasteiger partial charge in [-0.1, -0.05) is 6.07 Å². The highest BCUT2D eigenvalue weighted by Crippen LogP contribution is 2.34. The van der Waals surface area contributed by atoms with Crippen LogP contribution in [0.3, 0.4) is 0 Å². The second-order valence-electron chi connectivity index (χ2n) is 3.93. The summed E-state index contributed by atoms with van der Waals surface area (Å²) in [5.41, 5.74) is -0.615. The Bertz CT molecular complexity index is 380. The fourth-order valence-corrected chi connectivity index (χ4v) is 1.95. The van der Waals surface area contributed by atoms with Crippen molar-refractivity contribution in [3.8, 4) is 0 Å². The highest BCUT2D eigenvalue weighted by atomic mass is 19.4. The lowest BCUT2D eigenvalue weighted by molar-refractivity contribution is -0.140. The molecule has 0 saturated carbocycles. The average Bonchev–Trinajstić information content (AvgIpc) is 2.69. The number of rotatable bonds is 1. The molecule has 1 N–H and O–H groups in total. The van der Waals surface area contributed by atoms with E-state index in [-0.39, 0.29) is 5.92 Å². The van der Waals surface area contributed by atoms with Crippen molar-refractivity contribution in [3.63, 3.8) is 0 Å². The zero-order valence-corrected chi connectivity index (χ0v) is 8.44. The van der Waals surface area contributed by atoms with E-state index in [0.29, 0.717) is 12.1 Å². The van der Waals surface area contributed by atoms with Crippen LogP contribution < -0.4 is 5.32 Å². The molecule has 16 heavy (non-hydrogen) atoms. The van der Waals surface area contributed by atoms with Gasteiger partial charge in [-0.2, -0.15) is 13.2 Å². The van der Waals surface area contributed by atoms with Crippen LogP contribution in [-0.4, -0.2) is 13.1 Å². The fourth-order valence-electron chi connectivity index (χ4n) is 1.95. The van der Waals surface area contributed by atoms with Gasteiger partial charge in [0.1, 0.15) is 5.82 Å². The molecular formula is C11H11F4N. The van der Waals surface area contributed by atoms with E-state index in [4.69, 9.17) is 0 Å². The van der Waals surface area contributed by atoms with Crippen molar-refractivity contribution in [1.29, 1.82) is 0 Å². The van der Waals surface area contributed by atoms with Gasteiger partial charge in [-0.15, -0.1) is 0 Å². The summed E-state index contributed by atoms with van der Waals surface area (Å²) in [4.78, 5) is 0. The third-order valence-electron chi connectivity index (χ3n) is 2.83. The predicted octanol–water partition coefficient (Wildman–Crippen LogP) is 2.92. The van der Waals surface area contributed by atoms with Crippen LogP contribution in [0.1, 0.15) is 23.5 Å². The Morgan fingerprint density at radius 1 is 1.25 bits per heavy atom. The van der Waals surface area contributed by atoms with Crippen LogP contribution in [0, 0.1) is 5.82 Å². The maximum absolute atomic E-state index is 13.0. The van der Waals surface area contributed by atoms with Crippen molar-refractivity contribution in [2.24, 2.45) is 0 Å². The Hall–Kier alpha value is -1.10. The van der Waals surface area contributed by atoms with Gasteiger partial charge in [0.25, 0.3) is 0 Å². The summed E-state index contributed by atoms with van der Waals surface area (Å²) in [5.74, 6) is -1.15. The highest BCUT2D eigenvalue weighted by Gasteiger charge is 2.34. The van der Waals surface area contributed by atoms with Crippen LogP contribution in [0.4, 0.5) is 17.6 Å². The molecule has 88 valence electrons. The Morgan fingerprint density at radius 3 is 2.56 bits per heavy atom. The topological polar surface area (TPSA) is 12.0 Å². The molecule has 0 unspecified atom stereocenters. The zero-order valence-electron chi connectivity index (χ0n) is 8.44. The van der Waals surface area contributed by atoms with Gasteiger partial charge in [-0.25, -0.2) is 4.39 Å². The molecular weight excluding hydrogens is 222 g/mol. The maximum atomic E-state index is 13.0. The summed E-state index contributed by atoms with van der Waals surface area (Å²) in [6.07, 6.45) is -3.82. The van der Waals surface area contributed by atoms with Gasteiger partial charge in [0.05, 0.1) is 5.56 Å². The highest BCUT2D eigenvalue weighted by molar-refractivity contribution is 5.30. The molecule has 5 heteroatoms. The molecule has 1 aromatic carbocycles. The van der Waals surface area contributed by atoms with Crippen LogP contribution in [-0.2, 0) is 6.18 Å². The molecule has 1 nitrogen and oxygen atoms in total. The molecule has 1 aliphatic rings. The Kier molecular flexibility index (Phi) is 2.88. The standard InChI is InChI=1S/C11H11F4N/c12-10-2-1-7(8-3-4-16-6-8)5-9(10)11(13,14)15/h1-2,5,8,16H,3-4,6H2/t8-/m1/s1. The van der Waals surface area contributed by atoms with Crippen LogP contribution in [0.2, 0.25) is 0 Å². The van der Waals surface area contributed by atoms with Crippen LogP contribution in [0.5, 0.6) is 0 Å². The zero-order chi connectivity index (χ0) is 11.8. The first-order valence-corrected chi connectivity index (χ1v) is 5.06. The molecule has 2 rings (SSSR count). The summed E-state index contributed by atoms with van der Waals surface area (Å²) in [7, 11) is 0. The third kappa shape index (κ3) is 2.19. The summed E-state index contributed by atoms with van der Waals surface area (Å²) in [5, 5.41) is 3.07. The number of nitrogens with one attached hydrogen (secondary N) is 1.